The lowest BCUT2D eigenvalue weighted by atomic mass is 10.2. The van der Waals surface area contributed by atoms with Crippen LogP contribution in [0.2, 0.25) is 0 Å². The lowest BCUT2D eigenvalue weighted by Gasteiger charge is -2.23. The third-order valence-electron chi connectivity index (χ3n) is 3.46. The molecule has 10 heteroatoms. The van der Waals surface area contributed by atoms with Gasteiger partial charge in [0.2, 0.25) is 11.8 Å². The lowest BCUT2D eigenvalue weighted by Crippen LogP contribution is -2.52. The van der Waals surface area contributed by atoms with Crippen molar-refractivity contribution in [3.8, 4) is 0 Å². The van der Waals surface area contributed by atoms with Crippen LogP contribution in [0.1, 0.15) is 33.6 Å². The normalized spacial score (nSPS) is 18.4. The minimum absolute atomic E-state index is 0.311. The van der Waals surface area contributed by atoms with E-state index in [9.17, 15) is 24.3 Å². The first kappa shape index (κ1) is 20.7. The van der Waals surface area contributed by atoms with E-state index in [4.69, 9.17) is 9.84 Å². The van der Waals surface area contributed by atoms with Gasteiger partial charge in [-0.15, -0.1) is 0 Å². The van der Waals surface area contributed by atoms with Gasteiger partial charge in [-0.2, -0.15) is 0 Å². The summed E-state index contributed by atoms with van der Waals surface area (Å²) in [5.74, 6) is -2.39. The van der Waals surface area contributed by atoms with Crippen LogP contribution in [0.4, 0.5) is 4.79 Å². The number of ether oxygens (including phenoxy) is 1. The van der Waals surface area contributed by atoms with E-state index in [1.807, 2.05) is 0 Å². The molecule has 0 aromatic carbocycles. The number of amides is 3. The number of aliphatic carboxylic acids is 1. The summed E-state index contributed by atoms with van der Waals surface area (Å²) in [6.45, 7) is 4.15. The minimum atomic E-state index is -1.28. The highest BCUT2D eigenvalue weighted by Crippen LogP contribution is 2.17. The van der Waals surface area contributed by atoms with E-state index < -0.39 is 54.7 Å². The Balaban J connectivity index is 2.51. The topological polar surface area (TPSA) is 145 Å². The average molecular weight is 359 g/mol. The Bertz CT molecular complexity index is 530. The second-order valence-corrected chi connectivity index (χ2v) is 6.68. The summed E-state index contributed by atoms with van der Waals surface area (Å²) in [6, 6.07) is -2.17. The zero-order valence-corrected chi connectivity index (χ0v) is 14.6. The van der Waals surface area contributed by atoms with Gasteiger partial charge < -0.3 is 30.5 Å². The zero-order chi connectivity index (χ0) is 19.2. The predicted molar refractivity (Wildman–Crippen MR) is 85.6 cm³/mol. The van der Waals surface area contributed by atoms with Crippen molar-refractivity contribution in [2.24, 2.45) is 0 Å². The van der Waals surface area contributed by atoms with Crippen LogP contribution in [0.15, 0.2) is 0 Å². The summed E-state index contributed by atoms with van der Waals surface area (Å²) < 4.78 is 4.99. The van der Waals surface area contributed by atoms with E-state index in [0.29, 0.717) is 19.4 Å². The molecule has 0 aromatic heterocycles. The molecule has 0 radical (unpaired) electrons. The first-order valence-corrected chi connectivity index (χ1v) is 7.95. The van der Waals surface area contributed by atoms with Crippen LogP contribution in [0.3, 0.4) is 0 Å². The number of carbonyl (C=O) groups excluding carboxylic acids is 3. The van der Waals surface area contributed by atoms with Crippen molar-refractivity contribution < 1.29 is 34.1 Å². The zero-order valence-electron chi connectivity index (χ0n) is 14.6. The molecule has 0 unspecified atom stereocenters. The maximum Gasteiger partial charge on any atom is 0.408 e. The molecule has 142 valence electrons. The number of rotatable bonds is 6. The van der Waals surface area contributed by atoms with Crippen LogP contribution in [0, 0.1) is 0 Å². The molecule has 0 bridgehead atoms. The van der Waals surface area contributed by atoms with E-state index in [2.05, 4.69) is 10.6 Å². The Morgan fingerprint density at radius 2 is 1.92 bits per heavy atom. The highest BCUT2D eigenvalue weighted by molar-refractivity contribution is 5.91. The number of nitrogens with one attached hydrogen (secondary N) is 2. The van der Waals surface area contributed by atoms with E-state index in [-0.39, 0.29) is 0 Å². The van der Waals surface area contributed by atoms with Crippen LogP contribution in [-0.2, 0) is 19.1 Å². The first-order valence-electron chi connectivity index (χ1n) is 7.95. The second kappa shape index (κ2) is 8.65. The molecule has 0 aliphatic carbocycles. The number of carboxylic acid groups (broad SMARTS) is 1. The van der Waals surface area contributed by atoms with Crippen LogP contribution in [0.25, 0.3) is 0 Å². The monoisotopic (exact) mass is 359 g/mol. The van der Waals surface area contributed by atoms with Crippen LogP contribution < -0.4 is 10.6 Å². The SMILES string of the molecule is CC(C)(C)OC(=O)N[C@@H](CO)C(=O)NCC(=O)N1CCC[C@H]1C(=O)O. The summed E-state index contributed by atoms with van der Waals surface area (Å²) in [5, 5.41) is 22.8. The van der Waals surface area contributed by atoms with Gasteiger partial charge in [0.05, 0.1) is 13.2 Å². The second-order valence-electron chi connectivity index (χ2n) is 6.68. The number of hydrogen-bond acceptors (Lipinski definition) is 6. The number of aliphatic hydroxyl groups is 1. The fourth-order valence-corrected chi connectivity index (χ4v) is 2.35. The van der Waals surface area contributed by atoms with Gasteiger partial charge in [-0.05, 0) is 33.6 Å². The molecule has 3 amide bonds. The van der Waals surface area contributed by atoms with Gasteiger partial charge >= 0.3 is 12.1 Å². The van der Waals surface area contributed by atoms with Gasteiger partial charge in [0.1, 0.15) is 17.7 Å². The molecule has 4 N–H and O–H groups in total. The number of aliphatic hydroxyl groups excluding tert-OH is 1. The maximum absolute atomic E-state index is 12.1. The maximum atomic E-state index is 12.1. The third kappa shape index (κ3) is 6.57. The Kier molecular flexibility index (Phi) is 7.16. The Labute approximate surface area is 145 Å². The molecule has 1 aliphatic rings. The van der Waals surface area contributed by atoms with Gasteiger partial charge in [0.25, 0.3) is 0 Å². The Hall–Kier alpha value is -2.36. The van der Waals surface area contributed by atoms with Gasteiger partial charge in [0, 0.05) is 6.54 Å². The number of nitrogens with zero attached hydrogens (tertiary/aromatic N) is 1. The van der Waals surface area contributed by atoms with Crippen molar-refractivity contribution in [2.75, 3.05) is 19.7 Å². The van der Waals surface area contributed by atoms with Crippen molar-refractivity contribution in [1.29, 1.82) is 0 Å². The molecule has 0 aromatic rings. The van der Waals surface area contributed by atoms with E-state index >= 15 is 0 Å². The number of likely N-dealkylation sites (tertiary alicyclic amines) is 1. The fraction of sp³-hybridized carbons (Fsp3) is 0.733. The molecule has 1 fully saturated rings. The Morgan fingerprint density at radius 1 is 1.28 bits per heavy atom. The van der Waals surface area contributed by atoms with Gasteiger partial charge in [-0.1, -0.05) is 0 Å². The highest BCUT2D eigenvalue weighted by Gasteiger charge is 2.34. The summed E-state index contributed by atoms with van der Waals surface area (Å²) in [7, 11) is 0. The molecular formula is C15H25N3O7. The summed E-state index contributed by atoms with van der Waals surface area (Å²) in [4.78, 5) is 47.9. The van der Waals surface area contributed by atoms with Crippen molar-refractivity contribution in [2.45, 2.75) is 51.3 Å². The summed E-state index contributed by atoms with van der Waals surface area (Å²) in [5.41, 5.74) is -0.766. The molecular weight excluding hydrogens is 334 g/mol. The highest BCUT2D eigenvalue weighted by atomic mass is 16.6. The summed E-state index contributed by atoms with van der Waals surface area (Å²) >= 11 is 0. The number of alkyl carbamates (subject to hydrolysis) is 1. The third-order valence-corrected chi connectivity index (χ3v) is 3.46. The molecule has 1 aliphatic heterocycles. The number of carbonyl (C=O) groups is 4. The smallest absolute Gasteiger partial charge is 0.408 e. The first-order chi connectivity index (χ1) is 11.5. The molecule has 1 heterocycles. The lowest BCUT2D eigenvalue weighted by molar-refractivity contribution is -0.148. The van der Waals surface area contributed by atoms with Crippen molar-refractivity contribution in [1.82, 2.24) is 15.5 Å². The minimum Gasteiger partial charge on any atom is -0.480 e. The van der Waals surface area contributed by atoms with Crippen molar-refractivity contribution in [3.05, 3.63) is 0 Å². The molecule has 1 rings (SSSR count). The average Bonchev–Trinajstić information content (AvgIpc) is 2.97. The van der Waals surface area contributed by atoms with E-state index in [0.717, 1.165) is 0 Å². The van der Waals surface area contributed by atoms with Crippen molar-refractivity contribution >= 4 is 23.9 Å². The van der Waals surface area contributed by atoms with Gasteiger partial charge in [-0.3, -0.25) is 9.59 Å². The molecule has 1 saturated heterocycles. The predicted octanol–water partition coefficient (Wildman–Crippen LogP) is -0.936. The molecule has 2 atom stereocenters. The molecule has 25 heavy (non-hydrogen) atoms. The van der Waals surface area contributed by atoms with Crippen molar-refractivity contribution in [3.63, 3.8) is 0 Å². The quantitative estimate of drug-likeness (QED) is 0.479. The van der Waals surface area contributed by atoms with Gasteiger partial charge in [0.15, 0.2) is 0 Å². The fourth-order valence-electron chi connectivity index (χ4n) is 2.35. The largest absolute Gasteiger partial charge is 0.480 e. The number of carboxylic acids is 1. The standard InChI is InChI=1S/C15H25N3O7/c1-15(2,3)25-14(24)17-9(8-19)12(21)16-7-11(20)18-6-4-5-10(18)13(22)23/h9-10,19H,4-8H2,1-3H3,(H,16,21)(H,17,24)(H,22,23)/t9-,10-/m0/s1. The summed E-state index contributed by atoms with van der Waals surface area (Å²) in [6.07, 6.45) is 0.0726. The van der Waals surface area contributed by atoms with Gasteiger partial charge in [-0.25, -0.2) is 9.59 Å². The number of hydrogen-bond donors (Lipinski definition) is 4. The molecule has 0 spiro atoms. The molecule has 10 nitrogen and oxygen atoms in total. The van der Waals surface area contributed by atoms with Crippen LogP contribution in [-0.4, -0.2) is 76.4 Å². The van der Waals surface area contributed by atoms with Crippen LogP contribution >= 0.6 is 0 Å². The molecule has 0 saturated carbocycles. The van der Waals surface area contributed by atoms with E-state index in [1.54, 1.807) is 20.8 Å². The van der Waals surface area contributed by atoms with E-state index in [1.165, 1.54) is 4.90 Å². The Morgan fingerprint density at radius 3 is 2.44 bits per heavy atom. The van der Waals surface area contributed by atoms with Crippen LogP contribution in [0.5, 0.6) is 0 Å².